The highest BCUT2D eigenvalue weighted by molar-refractivity contribution is 5.90. The van der Waals surface area contributed by atoms with Gasteiger partial charge in [-0.3, -0.25) is 0 Å². The molecule has 0 saturated carbocycles. The van der Waals surface area contributed by atoms with Crippen molar-refractivity contribution in [2.24, 2.45) is 0 Å². The van der Waals surface area contributed by atoms with Crippen LogP contribution in [-0.2, 0) is 12.6 Å². The highest BCUT2D eigenvalue weighted by Crippen LogP contribution is 2.34. The van der Waals surface area contributed by atoms with Crippen molar-refractivity contribution in [1.29, 1.82) is 0 Å². The Morgan fingerprint density at radius 3 is 2.50 bits per heavy atom. The first-order chi connectivity index (χ1) is 6.38. The Bertz CT molecular complexity index is 351. The maximum atomic E-state index is 12.2. The van der Waals surface area contributed by atoms with E-state index >= 15 is 0 Å². The van der Waals surface area contributed by atoms with Crippen LogP contribution in [0.25, 0.3) is 0 Å². The summed E-state index contributed by atoms with van der Waals surface area (Å²) in [6.45, 7) is 1.55. The van der Waals surface area contributed by atoms with E-state index in [9.17, 15) is 18.0 Å². The Kier molecular flexibility index (Phi) is 2.55. The Hall–Kier alpha value is -1.46. The van der Waals surface area contributed by atoms with Gasteiger partial charge in [0, 0.05) is 5.56 Å². The third kappa shape index (κ3) is 1.73. The van der Waals surface area contributed by atoms with Gasteiger partial charge in [0.05, 0.1) is 6.26 Å². The number of hydrogen-bond acceptors (Lipinski definition) is 2. The van der Waals surface area contributed by atoms with Crippen molar-refractivity contribution >= 4 is 5.97 Å². The van der Waals surface area contributed by atoms with Gasteiger partial charge >= 0.3 is 12.1 Å². The maximum Gasteiger partial charge on any atom is 0.450 e. The van der Waals surface area contributed by atoms with Gasteiger partial charge < -0.3 is 9.52 Å². The van der Waals surface area contributed by atoms with Gasteiger partial charge in [-0.1, -0.05) is 6.92 Å². The number of halogens is 3. The first-order valence-corrected chi connectivity index (χ1v) is 3.78. The molecule has 0 bridgehead atoms. The molecule has 0 aliphatic carbocycles. The van der Waals surface area contributed by atoms with E-state index in [1.807, 2.05) is 0 Å². The molecule has 0 aliphatic rings. The molecule has 0 aliphatic heterocycles. The fourth-order valence-corrected chi connectivity index (χ4v) is 1.10. The number of rotatable bonds is 2. The van der Waals surface area contributed by atoms with Crippen LogP contribution in [0.15, 0.2) is 10.7 Å². The summed E-state index contributed by atoms with van der Waals surface area (Å²) in [7, 11) is 0. The molecule has 0 unspecified atom stereocenters. The summed E-state index contributed by atoms with van der Waals surface area (Å²) in [6.07, 6.45) is -3.76. The summed E-state index contributed by atoms with van der Waals surface area (Å²) in [5.74, 6) is -3.07. The Morgan fingerprint density at radius 2 is 2.14 bits per heavy atom. The summed E-state index contributed by atoms with van der Waals surface area (Å²) in [5, 5.41) is 8.57. The molecule has 78 valence electrons. The van der Waals surface area contributed by atoms with E-state index in [4.69, 9.17) is 5.11 Å². The van der Waals surface area contributed by atoms with Gasteiger partial charge in [0.15, 0.2) is 0 Å². The van der Waals surface area contributed by atoms with Crippen LogP contribution in [0.4, 0.5) is 13.2 Å². The van der Waals surface area contributed by atoms with Gasteiger partial charge in [-0.15, -0.1) is 0 Å². The summed E-state index contributed by atoms with van der Waals surface area (Å²) < 4.78 is 40.8. The van der Waals surface area contributed by atoms with E-state index < -0.39 is 23.5 Å². The second kappa shape index (κ2) is 3.36. The molecular weight excluding hydrogens is 201 g/mol. The van der Waals surface area contributed by atoms with E-state index in [2.05, 4.69) is 4.42 Å². The molecule has 0 atom stereocenters. The largest absolute Gasteiger partial charge is 0.478 e. The minimum absolute atomic E-state index is 0.0461. The lowest BCUT2D eigenvalue weighted by Crippen LogP contribution is -2.11. The molecule has 1 aromatic rings. The second-order valence-corrected chi connectivity index (χ2v) is 2.62. The molecule has 0 aromatic carbocycles. The van der Waals surface area contributed by atoms with Crippen LogP contribution in [0, 0.1) is 0 Å². The third-order valence-electron chi connectivity index (χ3n) is 1.72. The first kappa shape index (κ1) is 10.6. The number of carboxylic acid groups (broad SMARTS) is 1. The van der Waals surface area contributed by atoms with Crippen molar-refractivity contribution in [3.63, 3.8) is 0 Å². The molecule has 0 saturated heterocycles. The van der Waals surface area contributed by atoms with Crippen molar-refractivity contribution in [2.75, 3.05) is 0 Å². The number of hydrogen-bond donors (Lipinski definition) is 1. The minimum Gasteiger partial charge on any atom is -0.478 e. The highest BCUT2D eigenvalue weighted by Gasteiger charge is 2.40. The normalized spacial score (nSPS) is 11.7. The number of alkyl halides is 3. The highest BCUT2D eigenvalue weighted by atomic mass is 19.4. The van der Waals surface area contributed by atoms with Crippen LogP contribution >= 0.6 is 0 Å². The fourth-order valence-electron chi connectivity index (χ4n) is 1.10. The molecule has 0 spiro atoms. The molecule has 6 heteroatoms. The van der Waals surface area contributed by atoms with Crippen LogP contribution in [0.5, 0.6) is 0 Å². The molecule has 0 amide bonds. The van der Waals surface area contributed by atoms with Crippen molar-refractivity contribution in [3.8, 4) is 0 Å². The van der Waals surface area contributed by atoms with Crippen molar-refractivity contribution in [1.82, 2.24) is 0 Å². The monoisotopic (exact) mass is 208 g/mol. The minimum atomic E-state index is -4.76. The van der Waals surface area contributed by atoms with Gasteiger partial charge in [-0.2, -0.15) is 13.2 Å². The summed E-state index contributed by atoms with van der Waals surface area (Å²) in [4.78, 5) is 10.5. The lowest BCUT2D eigenvalue weighted by atomic mass is 10.1. The molecule has 14 heavy (non-hydrogen) atoms. The van der Waals surface area contributed by atoms with Crippen molar-refractivity contribution in [3.05, 3.63) is 23.2 Å². The Balaban J connectivity index is 3.32. The lowest BCUT2D eigenvalue weighted by molar-refractivity contribution is -0.153. The van der Waals surface area contributed by atoms with Gasteiger partial charge in [-0.25, -0.2) is 4.79 Å². The molecule has 0 radical (unpaired) electrons. The molecular formula is C8H7F3O3. The zero-order chi connectivity index (χ0) is 10.9. The van der Waals surface area contributed by atoms with Gasteiger partial charge in [0.2, 0.25) is 5.76 Å². The average molecular weight is 208 g/mol. The Labute approximate surface area is 77.1 Å². The van der Waals surface area contributed by atoms with Crippen LogP contribution in [0.3, 0.4) is 0 Å². The standard InChI is InChI=1S/C8H7F3O3/c1-2-4-3-14-6(8(9,10)11)5(4)7(12)13/h3H,2H2,1H3,(H,12,13). The quantitative estimate of drug-likeness (QED) is 0.812. The van der Waals surface area contributed by atoms with Crippen molar-refractivity contribution < 1.29 is 27.5 Å². The van der Waals surface area contributed by atoms with Crippen molar-refractivity contribution in [2.45, 2.75) is 19.5 Å². The van der Waals surface area contributed by atoms with Crippen LogP contribution < -0.4 is 0 Å². The van der Waals surface area contributed by atoms with Gasteiger partial charge in [0.25, 0.3) is 0 Å². The lowest BCUT2D eigenvalue weighted by Gasteiger charge is -2.03. The summed E-state index contributed by atoms with van der Waals surface area (Å²) in [6, 6.07) is 0. The second-order valence-electron chi connectivity index (χ2n) is 2.62. The van der Waals surface area contributed by atoms with E-state index in [0.717, 1.165) is 6.26 Å². The Morgan fingerprint density at radius 1 is 1.57 bits per heavy atom. The molecule has 1 heterocycles. The summed E-state index contributed by atoms with van der Waals surface area (Å²) in [5.41, 5.74) is -0.746. The van der Waals surface area contributed by atoms with Crippen LogP contribution in [0.1, 0.15) is 28.6 Å². The molecule has 0 fully saturated rings. The van der Waals surface area contributed by atoms with E-state index in [1.165, 1.54) is 0 Å². The number of furan rings is 1. The number of aryl methyl sites for hydroxylation is 1. The van der Waals surface area contributed by atoms with Crippen LogP contribution in [0.2, 0.25) is 0 Å². The average Bonchev–Trinajstić information content (AvgIpc) is 2.45. The van der Waals surface area contributed by atoms with E-state index in [1.54, 1.807) is 6.92 Å². The predicted octanol–water partition coefficient (Wildman–Crippen LogP) is 2.56. The molecule has 1 aromatic heterocycles. The number of aromatic carboxylic acids is 1. The van der Waals surface area contributed by atoms with E-state index in [0.29, 0.717) is 0 Å². The SMILES string of the molecule is CCc1coc(C(F)(F)F)c1C(=O)O. The predicted molar refractivity (Wildman–Crippen MR) is 40.0 cm³/mol. The topological polar surface area (TPSA) is 50.4 Å². The number of carbonyl (C=O) groups is 1. The summed E-state index contributed by atoms with van der Waals surface area (Å²) >= 11 is 0. The molecule has 1 N–H and O–H groups in total. The maximum absolute atomic E-state index is 12.2. The third-order valence-corrected chi connectivity index (χ3v) is 1.72. The fraction of sp³-hybridized carbons (Fsp3) is 0.375. The van der Waals surface area contributed by atoms with Gasteiger partial charge in [0.1, 0.15) is 5.56 Å². The smallest absolute Gasteiger partial charge is 0.450 e. The van der Waals surface area contributed by atoms with Gasteiger partial charge in [-0.05, 0) is 6.42 Å². The molecule has 3 nitrogen and oxygen atoms in total. The number of carboxylic acids is 1. The first-order valence-electron chi connectivity index (χ1n) is 3.78. The zero-order valence-corrected chi connectivity index (χ0v) is 7.18. The zero-order valence-electron chi connectivity index (χ0n) is 7.18. The van der Waals surface area contributed by atoms with E-state index in [-0.39, 0.29) is 12.0 Å². The van der Waals surface area contributed by atoms with Crippen LogP contribution in [-0.4, -0.2) is 11.1 Å². The molecule has 1 rings (SSSR count).